The van der Waals surface area contributed by atoms with E-state index in [-0.39, 0.29) is 17.7 Å². The topological polar surface area (TPSA) is 79.0 Å². The lowest BCUT2D eigenvalue weighted by atomic mass is 10.2. The molecule has 1 N–H and O–H groups in total. The minimum atomic E-state index is -0.414. The summed E-state index contributed by atoms with van der Waals surface area (Å²) in [6.07, 6.45) is 2.27. The molecule has 0 saturated carbocycles. The summed E-state index contributed by atoms with van der Waals surface area (Å²) >= 11 is 1.29. The van der Waals surface area contributed by atoms with Crippen molar-refractivity contribution in [1.82, 2.24) is 20.1 Å². The van der Waals surface area contributed by atoms with E-state index in [4.69, 9.17) is 0 Å². The Kier molecular flexibility index (Phi) is 5.70. The van der Waals surface area contributed by atoms with Gasteiger partial charge in [-0.05, 0) is 37.1 Å². The summed E-state index contributed by atoms with van der Waals surface area (Å²) in [5.74, 6) is -0.0492. The lowest BCUT2D eigenvalue weighted by Crippen LogP contribution is -2.41. The number of imide groups is 1. The molecule has 0 aliphatic carbocycles. The lowest BCUT2D eigenvalue weighted by molar-refractivity contribution is -0.127. The number of likely N-dealkylation sites (tertiary alicyclic amines) is 1. The smallest absolute Gasteiger partial charge is 0.260 e. The summed E-state index contributed by atoms with van der Waals surface area (Å²) in [7, 11) is 0. The van der Waals surface area contributed by atoms with Gasteiger partial charge in [0.15, 0.2) is 0 Å². The number of hydrogen-bond donors (Lipinski definition) is 1. The molecular weight excluding hydrogens is 355 g/mol. The second-order valence-corrected chi connectivity index (χ2v) is 7.73. The van der Waals surface area contributed by atoms with Gasteiger partial charge in [-0.15, -0.1) is 5.10 Å². The molecule has 0 spiro atoms. The van der Waals surface area contributed by atoms with Gasteiger partial charge in [0, 0.05) is 18.0 Å². The number of hydrogen-bond acceptors (Lipinski definition) is 5. The van der Waals surface area contributed by atoms with E-state index in [1.54, 1.807) is 0 Å². The van der Waals surface area contributed by atoms with Crippen molar-refractivity contribution >= 4 is 23.6 Å². The van der Waals surface area contributed by atoms with Crippen molar-refractivity contribution in [1.29, 1.82) is 0 Å². The van der Waals surface area contributed by atoms with Crippen molar-refractivity contribution in [2.24, 2.45) is 0 Å². The van der Waals surface area contributed by atoms with Crippen molar-refractivity contribution in [3.8, 4) is 0 Å². The molecule has 1 aromatic heterocycles. The summed E-state index contributed by atoms with van der Waals surface area (Å²) in [6.45, 7) is 4.39. The zero-order valence-electron chi connectivity index (χ0n) is 14.7. The third kappa shape index (κ3) is 4.12. The average Bonchev–Trinajstić information content (AvgIpc) is 3.01. The number of nitrogens with zero attached hydrogens (tertiary/aromatic N) is 3. The van der Waals surface area contributed by atoms with Crippen molar-refractivity contribution in [2.45, 2.75) is 49.4 Å². The first kappa shape index (κ1) is 18.6. The molecule has 2 amide bonds. The molecule has 1 atom stereocenters. The molecule has 26 heavy (non-hydrogen) atoms. The first-order chi connectivity index (χ1) is 12.5. The second kappa shape index (κ2) is 7.99. The monoisotopic (exact) mass is 376 g/mol. The van der Waals surface area contributed by atoms with Crippen LogP contribution in [0.5, 0.6) is 0 Å². The minimum absolute atomic E-state index is 0.221. The Morgan fingerprint density at radius 2 is 2.04 bits per heavy atom. The van der Waals surface area contributed by atoms with Crippen LogP contribution in [-0.4, -0.2) is 43.7 Å². The van der Waals surface area contributed by atoms with Crippen molar-refractivity contribution in [3.05, 3.63) is 41.5 Å². The molecule has 3 rings (SSSR count). The number of benzene rings is 1. The van der Waals surface area contributed by atoms with Gasteiger partial charge < -0.3 is 0 Å². The molecule has 0 radical (unpaired) electrons. The van der Waals surface area contributed by atoms with E-state index in [0.29, 0.717) is 23.7 Å². The molecule has 138 valence electrons. The maximum absolute atomic E-state index is 13.1. The Hall–Kier alpha value is -2.22. The maximum Gasteiger partial charge on any atom is 0.260 e. The minimum Gasteiger partial charge on any atom is -0.278 e. The highest BCUT2D eigenvalue weighted by Crippen LogP contribution is 2.29. The second-order valence-electron chi connectivity index (χ2n) is 6.56. The number of halogens is 1. The van der Waals surface area contributed by atoms with Crippen LogP contribution in [0.3, 0.4) is 0 Å². The predicted octanol–water partition coefficient (Wildman–Crippen LogP) is 3.38. The van der Waals surface area contributed by atoms with Crippen molar-refractivity contribution in [3.63, 3.8) is 0 Å². The average molecular weight is 376 g/mol. The maximum atomic E-state index is 13.1. The van der Waals surface area contributed by atoms with E-state index in [9.17, 15) is 14.0 Å². The van der Waals surface area contributed by atoms with Gasteiger partial charge in [-0.25, -0.2) is 9.37 Å². The largest absolute Gasteiger partial charge is 0.278 e. The number of H-pyrrole nitrogens is 1. The molecule has 1 fully saturated rings. The van der Waals surface area contributed by atoms with Crippen LogP contribution in [0.1, 0.15) is 55.2 Å². The molecule has 2 aromatic rings. The normalized spacial score (nSPS) is 18.2. The van der Waals surface area contributed by atoms with E-state index in [0.717, 1.165) is 18.7 Å². The van der Waals surface area contributed by atoms with E-state index in [1.807, 2.05) is 13.8 Å². The fourth-order valence-corrected chi connectivity index (χ4v) is 3.78. The van der Waals surface area contributed by atoms with E-state index in [1.165, 1.54) is 40.9 Å². The fraction of sp³-hybridized carbons (Fsp3) is 0.444. The SMILES string of the molecule is CC(C)c1nc(S[C@H]2CCCCN(C(=O)c3ccc(F)cc3)C2=O)n[nH]1. The number of carbonyl (C=O) groups excluding carboxylic acids is 2. The summed E-state index contributed by atoms with van der Waals surface area (Å²) in [4.78, 5) is 31.3. The van der Waals surface area contributed by atoms with Crippen LogP contribution in [0.25, 0.3) is 0 Å². The Morgan fingerprint density at radius 1 is 1.31 bits per heavy atom. The zero-order chi connectivity index (χ0) is 18.7. The molecule has 1 aromatic carbocycles. The first-order valence-corrected chi connectivity index (χ1v) is 9.54. The highest BCUT2D eigenvalue weighted by atomic mass is 32.2. The Balaban J connectivity index is 1.76. The van der Waals surface area contributed by atoms with Gasteiger partial charge in [0.25, 0.3) is 5.91 Å². The van der Waals surface area contributed by atoms with Gasteiger partial charge in [-0.1, -0.05) is 32.0 Å². The molecule has 0 unspecified atom stereocenters. The molecule has 0 bridgehead atoms. The van der Waals surface area contributed by atoms with Crippen LogP contribution in [0.4, 0.5) is 4.39 Å². The van der Waals surface area contributed by atoms with Gasteiger partial charge in [0.2, 0.25) is 11.1 Å². The van der Waals surface area contributed by atoms with Gasteiger partial charge in [-0.3, -0.25) is 19.6 Å². The zero-order valence-corrected chi connectivity index (χ0v) is 15.6. The Bertz CT molecular complexity index is 791. The highest BCUT2D eigenvalue weighted by Gasteiger charge is 2.33. The van der Waals surface area contributed by atoms with E-state index < -0.39 is 11.1 Å². The number of thioether (sulfide) groups is 1. The van der Waals surface area contributed by atoms with Crippen LogP contribution in [-0.2, 0) is 4.79 Å². The van der Waals surface area contributed by atoms with Crippen LogP contribution >= 0.6 is 11.8 Å². The summed E-state index contributed by atoms with van der Waals surface area (Å²) in [6, 6.07) is 5.26. The van der Waals surface area contributed by atoms with Crippen LogP contribution < -0.4 is 0 Å². The van der Waals surface area contributed by atoms with E-state index >= 15 is 0 Å². The molecule has 2 heterocycles. The van der Waals surface area contributed by atoms with Crippen LogP contribution in [0, 0.1) is 5.82 Å². The predicted molar refractivity (Wildman–Crippen MR) is 96.4 cm³/mol. The number of amides is 2. The van der Waals surface area contributed by atoms with Gasteiger partial charge in [0.05, 0.1) is 5.25 Å². The quantitative estimate of drug-likeness (QED) is 0.828. The molecule has 8 heteroatoms. The van der Waals surface area contributed by atoms with Gasteiger partial charge >= 0.3 is 0 Å². The summed E-state index contributed by atoms with van der Waals surface area (Å²) < 4.78 is 13.1. The third-order valence-corrected chi connectivity index (χ3v) is 5.37. The fourth-order valence-electron chi connectivity index (χ4n) is 2.76. The lowest BCUT2D eigenvalue weighted by Gasteiger charge is -2.21. The molecule has 1 aliphatic heterocycles. The number of aromatic amines is 1. The molecular formula is C18H21FN4O2S. The number of aromatic nitrogens is 3. The Labute approximate surface area is 155 Å². The van der Waals surface area contributed by atoms with Gasteiger partial charge in [-0.2, -0.15) is 0 Å². The van der Waals surface area contributed by atoms with Crippen LogP contribution in [0.15, 0.2) is 29.4 Å². The van der Waals surface area contributed by atoms with E-state index in [2.05, 4.69) is 15.2 Å². The highest BCUT2D eigenvalue weighted by molar-refractivity contribution is 8.00. The van der Waals surface area contributed by atoms with Crippen molar-refractivity contribution in [2.75, 3.05) is 6.54 Å². The third-order valence-electron chi connectivity index (χ3n) is 4.25. The number of nitrogens with one attached hydrogen (secondary N) is 1. The molecule has 6 nitrogen and oxygen atoms in total. The summed E-state index contributed by atoms with van der Waals surface area (Å²) in [5.41, 5.74) is 0.311. The Morgan fingerprint density at radius 3 is 2.69 bits per heavy atom. The molecule has 1 aliphatic rings. The van der Waals surface area contributed by atoms with Crippen molar-refractivity contribution < 1.29 is 14.0 Å². The van der Waals surface area contributed by atoms with Gasteiger partial charge in [0.1, 0.15) is 11.6 Å². The first-order valence-electron chi connectivity index (χ1n) is 8.66. The van der Waals surface area contributed by atoms with Crippen LogP contribution in [0.2, 0.25) is 0 Å². The number of carbonyl (C=O) groups is 2. The number of rotatable bonds is 4. The molecule has 1 saturated heterocycles. The standard InChI is InChI=1S/C18H21FN4O2S/c1-11(2)15-20-18(22-21-15)26-14-5-3-4-10-23(17(14)25)16(24)12-6-8-13(19)9-7-12/h6-9,11,14H,3-5,10H2,1-2H3,(H,20,21,22)/t14-/m0/s1. The summed E-state index contributed by atoms with van der Waals surface area (Å²) in [5, 5.41) is 7.16.